The Morgan fingerprint density at radius 3 is 2.29 bits per heavy atom. The van der Waals surface area contributed by atoms with Crippen LogP contribution in [0.2, 0.25) is 0 Å². The van der Waals surface area contributed by atoms with E-state index in [-0.39, 0.29) is 5.83 Å². The van der Waals surface area contributed by atoms with Crippen LogP contribution in [-0.2, 0) is 0 Å². The van der Waals surface area contributed by atoms with E-state index >= 15 is 0 Å². The highest BCUT2D eigenvalue weighted by molar-refractivity contribution is 6.21. The van der Waals surface area contributed by atoms with E-state index < -0.39 is 5.38 Å². The van der Waals surface area contributed by atoms with Crippen molar-refractivity contribution in [2.75, 3.05) is 0 Å². The van der Waals surface area contributed by atoms with Crippen LogP contribution in [-0.4, -0.2) is 5.38 Å². The lowest BCUT2D eigenvalue weighted by Gasteiger charge is -1.92. The van der Waals surface area contributed by atoms with E-state index in [0.717, 1.165) is 0 Å². The third-order valence-corrected chi connectivity index (χ3v) is 0.864. The summed E-state index contributed by atoms with van der Waals surface area (Å²) in [6.07, 6.45) is 1.36. The average Bonchev–Trinajstić information content (AvgIpc) is 1.65. The molecule has 0 amide bonds. The lowest BCUT2D eigenvalue weighted by molar-refractivity contribution is 0.605. The van der Waals surface area contributed by atoms with E-state index in [0.29, 0.717) is 0 Å². The second-order valence-electron chi connectivity index (χ2n) is 1.29. The largest absolute Gasteiger partial charge is 0.211 e. The summed E-state index contributed by atoms with van der Waals surface area (Å²) in [5.74, 6) is -0.262. The fraction of sp³-hybridized carbons (Fsp3) is 0.600. The number of allylic oxidation sites excluding steroid dienone is 2. The van der Waals surface area contributed by atoms with E-state index in [4.69, 9.17) is 11.6 Å². The van der Waals surface area contributed by atoms with Gasteiger partial charge in [0.1, 0.15) is 5.83 Å². The van der Waals surface area contributed by atoms with E-state index in [1.54, 1.807) is 13.8 Å². The summed E-state index contributed by atoms with van der Waals surface area (Å²) >= 11 is 5.29. The van der Waals surface area contributed by atoms with Crippen LogP contribution in [0.1, 0.15) is 13.8 Å². The smallest absolute Gasteiger partial charge is 0.113 e. The molecule has 0 radical (unpaired) electrons. The first-order valence-electron chi connectivity index (χ1n) is 2.14. The maximum atomic E-state index is 12.0. The zero-order valence-electron chi connectivity index (χ0n) is 4.41. The summed E-state index contributed by atoms with van der Waals surface area (Å²) in [4.78, 5) is 0. The molecule has 0 aliphatic carbocycles. The Morgan fingerprint density at radius 2 is 2.29 bits per heavy atom. The third-order valence-electron chi connectivity index (χ3n) is 0.656. The molecule has 0 heterocycles. The van der Waals surface area contributed by atoms with Gasteiger partial charge in [0.05, 0.1) is 5.38 Å². The topological polar surface area (TPSA) is 0 Å². The third kappa shape index (κ3) is 2.63. The SMILES string of the molecule is C/C=C(/F)[C@@H](C)Cl. The molecule has 0 saturated carbocycles. The molecule has 7 heavy (non-hydrogen) atoms. The van der Waals surface area contributed by atoms with Crippen molar-refractivity contribution in [1.82, 2.24) is 0 Å². The van der Waals surface area contributed by atoms with E-state index in [9.17, 15) is 4.39 Å². The number of rotatable bonds is 1. The zero-order chi connectivity index (χ0) is 5.86. The monoisotopic (exact) mass is 122 g/mol. The molecule has 42 valence electrons. The van der Waals surface area contributed by atoms with Crippen LogP contribution in [0.25, 0.3) is 0 Å². The molecule has 0 aromatic rings. The van der Waals surface area contributed by atoms with Gasteiger partial charge >= 0.3 is 0 Å². The highest BCUT2D eigenvalue weighted by Crippen LogP contribution is 2.08. The first-order chi connectivity index (χ1) is 3.18. The molecule has 0 aliphatic rings. The molecule has 0 spiro atoms. The van der Waals surface area contributed by atoms with Gasteiger partial charge in [0.15, 0.2) is 0 Å². The molecular weight excluding hydrogens is 115 g/mol. The lowest BCUT2D eigenvalue weighted by atomic mass is 10.4. The maximum Gasteiger partial charge on any atom is 0.113 e. The first kappa shape index (κ1) is 6.96. The average molecular weight is 123 g/mol. The Balaban J connectivity index is 3.56. The normalized spacial score (nSPS) is 16.9. The van der Waals surface area contributed by atoms with Gasteiger partial charge in [-0.1, -0.05) is 6.08 Å². The maximum absolute atomic E-state index is 12.0. The number of hydrogen-bond acceptors (Lipinski definition) is 0. The molecule has 0 N–H and O–H groups in total. The van der Waals surface area contributed by atoms with Gasteiger partial charge in [0.2, 0.25) is 0 Å². The summed E-state index contributed by atoms with van der Waals surface area (Å²) < 4.78 is 12.0. The Hall–Kier alpha value is -0.0400. The molecular formula is C5H8ClF. The Kier molecular flexibility index (Phi) is 3.01. The van der Waals surface area contributed by atoms with Crippen LogP contribution >= 0.6 is 11.6 Å². The minimum atomic E-state index is -0.468. The molecule has 0 nitrogen and oxygen atoms in total. The van der Waals surface area contributed by atoms with Gasteiger partial charge in [-0.3, -0.25) is 0 Å². The predicted molar refractivity (Wildman–Crippen MR) is 30.2 cm³/mol. The van der Waals surface area contributed by atoms with Gasteiger partial charge in [-0.2, -0.15) is 0 Å². The molecule has 0 unspecified atom stereocenters. The van der Waals surface area contributed by atoms with Gasteiger partial charge in [0.25, 0.3) is 0 Å². The van der Waals surface area contributed by atoms with Crippen LogP contribution < -0.4 is 0 Å². The highest BCUT2D eigenvalue weighted by Gasteiger charge is 1.98. The molecule has 2 heteroatoms. The van der Waals surface area contributed by atoms with Crippen LogP contribution in [0.3, 0.4) is 0 Å². The standard InChI is InChI=1S/C5H8ClF/c1-3-5(7)4(2)6/h3-4H,1-2H3/b5-3+/t4-/m1/s1. The van der Waals surface area contributed by atoms with Gasteiger partial charge in [-0.25, -0.2) is 4.39 Å². The van der Waals surface area contributed by atoms with E-state index in [1.165, 1.54) is 6.08 Å². The molecule has 0 bridgehead atoms. The van der Waals surface area contributed by atoms with Crippen LogP contribution in [0, 0.1) is 0 Å². The summed E-state index contributed by atoms with van der Waals surface area (Å²) in [6.45, 7) is 3.21. The van der Waals surface area contributed by atoms with Crippen molar-refractivity contribution < 1.29 is 4.39 Å². The summed E-state index contributed by atoms with van der Waals surface area (Å²) in [5, 5.41) is -0.468. The summed E-state index contributed by atoms with van der Waals surface area (Å²) in [5.41, 5.74) is 0. The van der Waals surface area contributed by atoms with Gasteiger partial charge in [0, 0.05) is 0 Å². The van der Waals surface area contributed by atoms with Crippen molar-refractivity contribution in [3.05, 3.63) is 11.9 Å². The minimum Gasteiger partial charge on any atom is -0.211 e. The van der Waals surface area contributed by atoms with Crippen LogP contribution in [0.5, 0.6) is 0 Å². The molecule has 0 rings (SSSR count). The molecule has 0 saturated heterocycles. The van der Waals surface area contributed by atoms with Crippen LogP contribution in [0.4, 0.5) is 4.39 Å². The quantitative estimate of drug-likeness (QED) is 0.469. The highest BCUT2D eigenvalue weighted by atomic mass is 35.5. The summed E-state index contributed by atoms with van der Waals surface area (Å²) in [7, 11) is 0. The van der Waals surface area contributed by atoms with Crippen molar-refractivity contribution in [3.63, 3.8) is 0 Å². The molecule has 0 fully saturated rings. The van der Waals surface area contributed by atoms with E-state index in [2.05, 4.69) is 0 Å². The molecule has 1 atom stereocenters. The number of alkyl halides is 1. The first-order valence-corrected chi connectivity index (χ1v) is 2.58. The number of hydrogen-bond donors (Lipinski definition) is 0. The van der Waals surface area contributed by atoms with Gasteiger partial charge in [-0.15, -0.1) is 11.6 Å². The summed E-state index contributed by atoms with van der Waals surface area (Å²) in [6, 6.07) is 0. The Morgan fingerprint density at radius 1 is 1.86 bits per heavy atom. The Labute approximate surface area is 48.0 Å². The van der Waals surface area contributed by atoms with Gasteiger partial charge in [-0.05, 0) is 13.8 Å². The van der Waals surface area contributed by atoms with Crippen molar-refractivity contribution in [3.8, 4) is 0 Å². The van der Waals surface area contributed by atoms with Crippen molar-refractivity contribution in [1.29, 1.82) is 0 Å². The van der Waals surface area contributed by atoms with E-state index in [1.807, 2.05) is 0 Å². The van der Waals surface area contributed by atoms with Gasteiger partial charge < -0.3 is 0 Å². The molecule has 0 aromatic carbocycles. The lowest BCUT2D eigenvalue weighted by Crippen LogP contribution is -1.88. The fourth-order valence-electron chi connectivity index (χ4n) is 0.230. The second kappa shape index (κ2) is 3.03. The Bertz CT molecular complexity index is 76.1. The molecule has 0 aromatic heterocycles. The fourth-order valence-corrected chi connectivity index (χ4v) is 0.356. The van der Waals surface area contributed by atoms with Crippen molar-refractivity contribution >= 4 is 11.6 Å². The predicted octanol–water partition coefficient (Wildman–Crippen LogP) is 2.49. The second-order valence-corrected chi connectivity index (χ2v) is 1.94. The van der Waals surface area contributed by atoms with Crippen LogP contribution in [0.15, 0.2) is 11.9 Å². The minimum absolute atomic E-state index is 0.262. The van der Waals surface area contributed by atoms with Crippen molar-refractivity contribution in [2.45, 2.75) is 19.2 Å². The molecule has 0 aliphatic heterocycles. The zero-order valence-corrected chi connectivity index (χ0v) is 5.17. The van der Waals surface area contributed by atoms with Crippen molar-refractivity contribution in [2.24, 2.45) is 0 Å². The number of halogens is 2.